The number of para-hydroxylation sites is 1. The highest BCUT2D eigenvalue weighted by molar-refractivity contribution is 7.89. The topological polar surface area (TPSA) is 144 Å². The SMILES string of the molecule is CN(C)S(=O)(=O)c1ccccc1Nc1nn(C2(CC#N)CCN(C(=O)c3ccccc3)CC2)c2cc[nH]c(=O)c12. The molecule has 2 aromatic carbocycles. The van der Waals surface area contributed by atoms with Gasteiger partial charge in [-0.2, -0.15) is 10.4 Å². The fourth-order valence-electron chi connectivity index (χ4n) is 5.15. The molecule has 12 heteroatoms. The van der Waals surface area contributed by atoms with Crippen molar-refractivity contribution in [3.63, 3.8) is 0 Å². The van der Waals surface area contributed by atoms with Crippen molar-refractivity contribution in [1.82, 2.24) is 24.0 Å². The number of nitriles is 1. The van der Waals surface area contributed by atoms with Gasteiger partial charge >= 0.3 is 0 Å². The summed E-state index contributed by atoms with van der Waals surface area (Å²) in [7, 11) is -0.901. The molecule has 0 spiro atoms. The fraction of sp³-hybridized carbons (Fsp3) is 0.286. The second-order valence-electron chi connectivity index (χ2n) is 9.95. The molecule has 1 amide bonds. The van der Waals surface area contributed by atoms with Gasteiger partial charge in [0.05, 0.1) is 29.2 Å². The lowest BCUT2D eigenvalue weighted by Crippen LogP contribution is -2.48. The Morgan fingerprint density at radius 3 is 2.45 bits per heavy atom. The predicted octanol–water partition coefficient (Wildman–Crippen LogP) is 3.26. The number of sulfonamides is 1. The first-order valence-corrected chi connectivity index (χ1v) is 14.2. The van der Waals surface area contributed by atoms with E-state index in [-0.39, 0.29) is 34.1 Å². The van der Waals surface area contributed by atoms with Gasteiger partial charge in [-0.3, -0.25) is 14.3 Å². The summed E-state index contributed by atoms with van der Waals surface area (Å²) in [6.07, 6.45) is 2.54. The number of rotatable bonds is 7. The molecular weight excluding hydrogens is 530 g/mol. The van der Waals surface area contributed by atoms with Crippen LogP contribution in [-0.2, 0) is 15.6 Å². The average Bonchev–Trinajstić information content (AvgIpc) is 3.34. The quantitative estimate of drug-likeness (QED) is 0.354. The largest absolute Gasteiger partial charge is 0.338 e. The Balaban J connectivity index is 1.55. The molecule has 1 fully saturated rings. The van der Waals surface area contributed by atoms with Crippen LogP contribution < -0.4 is 10.9 Å². The molecule has 0 saturated carbocycles. The van der Waals surface area contributed by atoms with Crippen LogP contribution in [0.3, 0.4) is 0 Å². The third-order valence-corrected chi connectivity index (χ3v) is 9.24. The summed E-state index contributed by atoms with van der Waals surface area (Å²) in [5.41, 5.74) is 0.205. The Labute approximate surface area is 231 Å². The Morgan fingerprint density at radius 2 is 1.77 bits per heavy atom. The van der Waals surface area contributed by atoms with E-state index in [1.54, 1.807) is 46.0 Å². The molecule has 206 valence electrons. The first-order chi connectivity index (χ1) is 19.2. The van der Waals surface area contributed by atoms with Gasteiger partial charge in [-0.1, -0.05) is 30.3 Å². The van der Waals surface area contributed by atoms with Gasteiger partial charge in [0.25, 0.3) is 11.5 Å². The van der Waals surface area contributed by atoms with E-state index < -0.39 is 21.1 Å². The van der Waals surface area contributed by atoms with Crippen LogP contribution in [0.5, 0.6) is 0 Å². The van der Waals surface area contributed by atoms with Crippen LogP contribution in [0, 0.1) is 11.3 Å². The van der Waals surface area contributed by atoms with Crippen molar-refractivity contribution in [2.75, 3.05) is 32.5 Å². The minimum absolute atomic E-state index is 0.0366. The smallest absolute Gasteiger partial charge is 0.261 e. The second kappa shape index (κ2) is 10.6. The fourth-order valence-corrected chi connectivity index (χ4v) is 6.19. The number of likely N-dealkylation sites (tertiary alicyclic amines) is 1. The molecule has 0 unspecified atom stereocenters. The molecule has 5 rings (SSSR count). The minimum atomic E-state index is -3.79. The Bertz CT molecular complexity index is 1760. The van der Waals surface area contributed by atoms with E-state index in [0.717, 1.165) is 4.31 Å². The number of aromatic amines is 1. The van der Waals surface area contributed by atoms with Crippen molar-refractivity contribution in [3.05, 3.63) is 82.8 Å². The number of pyridine rings is 1. The highest BCUT2D eigenvalue weighted by atomic mass is 32.2. The number of carbonyl (C=O) groups excluding carboxylic acids is 1. The highest BCUT2D eigenvalue weighted by Crippen LogP contribution is 2.38. The van der Waals surface area contributed by atoms with Gasteiger partial charge in [-0.05, 0) is 43.2 Å². The number of nitrogens with one attached hydrogen (secondary N) is 2. The van der Waals surface area contributed by atoms with Crippen LogP contribution in [-0.4, -0.2) is 65.5 Å². The van der Waals surface area contributed by atoms with Gasteiger partial charge in [-0.25, -0.2) is 12.7 Å². The Hall–Kier alpha value is -4.47. The minimum Gasteiger partial charge on any atom is -0.338 e. The lowest BCUT2D eigenvalue weighted by Gasteiger charge is -2.41. The summed E-state index contributed by atoms with van der Waals surface area (Å²) < 4.78 is 28.8. The molecular formula is C28H29N7O4S. The number of benzene rings is 2. The van der Waals surface area contributed by atoms with Crippen LogP contribution >= 0.6 is 0 Å². The predicted molar refractivity (Wildman–Crippen MR) is 151 cm³/mol. The number of hydrogen-bond acceptors (Lipinski definition) is 7. The van der Waals surface area contributed by atoms with Crippen molar-refractivity contribution < 1.29 is 13.2 Å². The summed E-state index contributed by atoms with van der Waals surface area (Å²) in [5, 5.41) is 17.9. The lowest BCUT2D eigenvalue weighted by molar-refractivity contribution is 0.0587. The molecule has 3 heterocycles. The van der Waals surface area contributed by atoms with Crippen molar-refractivity contribution in [1.29, 1.82) is 5.26 Å². The number of amides is 1. The van der Waals surface area contributed by atoms with Crippen LogP contribution in [0.1, 0.15) is 29.6 Å². The maximum absolute atomic E-state index is 13.1. The summed E-state index contributed by atoms with van der Waals surface area (Å²) in [6.45, 7) is 0.819. The third-order valence-electron chi connectivity index (χ3n) is 7.36. The van der Waals surface area contributed by atoms with Crippen LogP contribution in [0.4, 0.5) is 11.5 Å². The Kier molecular flexibility index (Phi) is 7.18. The number of carbonyl (C=O) groups is 1. The summed E-state index contributed by atoms with van der Waals surface area (Å²) in [5.74, 6) is 0.104. The molecule has 0 radical (unpaired) electrons. The Morgan fingerprint density at radius 1 is 1.10 bits per heavy atom. The molecule has 40 heavy (non-hydrogen) atoms. The second-order valence-corrected chi connectivity index (χ2v) is 12.1. The number of H-pyrrole nitrogens is 1. The maximum atomic E-state index is 13.1. The molecule has 4 aromatic rings. The van der Waals surface area contributed by atoms with Gasteiger partial charge in [0.15, 0.2) is 5.82 Å². The van der Waals surface area contributed by atoms with Crippen molar-refractivity contribution in [2.45, 2.75) is 29.7 Å². The molecule has 1 aliphatic rings. The molecule has 0 bridgehead atoms. The van der Waals surface area contributed by atoms with E-state index in [0.29, 0.717) is 37.0 Å². The van der Waals surface area contributed by atoms with E-state index in [4.69, 9.17) is 5.10 Å². The number of piperidine rings is 1. The van der Waals surface area contributed by atoms with Gasteiger partial charge < -0.3 is 15.2 Å². The van der Waals surface area contributed by atoms with Gasteiger partial charge in [0.1, 0.15) is 10.3 Å². The monoisotopic (exact) mass is 559 g/mol. The first-order valence-electron chi connectivity index (χ1n) is 12.8. The van der Waals surface area contributed by atoms with Crippen LogP contribution in [0.25, 0.3) is 10.9 Å². The lowest BCUT2D eigenvalue weighted by atomic mass is 9.84. The van der Waals surface area contributed by atoms with Gasteiger partial charge in [0, 0.05) is 38.9 Å². The van der Waals surface area contributed by atoms with Crippen LogP contribution in [0.2, 0.25) is 0 Å². The van der Waals surface area contributed by atoms with E-state index >= 15 is 0 Å². The number of hydrogen-bond donors (Lipinski definition) is 2. The average molecular weight is 560 g/mol. The normalized spacial score (nSPS) is 15.2. The molecule has 2 N–H and O–H groups in total. The highest BCUT2D eigenvalue weighted by Gasteiger charge is 2.40. The van der Waals surface area contributed by atoms with Crippen LogP contribution in [0.15, 0.2) is 76.6 Å². The first kappa shape index (κ1) is 27.1. The van der Waals surface area contributed by atoms with Crippen molar-refractivity contribution >= 4 is 38.3 Å². The van der Waals surface area contributed by atoms with E-state index in [9.17, 15) is 23.3 Å². The summed E-state index contributed by atoms with van der Waals surface area (Å²) in [4.78, 5) is 30.6. The van der Waals surface area contributed by atoms with Crippen molar-refractivity contribution in [3.8, 4) is 6.07 Å². The number of fused-ring (bicyclic) bond motifs is 1. The molecule has 2 aromatic heterocycles. The van der Waals surface area contributed by atoms with E-state index in [2.05, 4.69) is 16.4 Å². The van der Waals surface area contributed by atoms with Crippen molar-refractivity contribution in [2.24, 2.45) is 0 Å². The summed E-state index contributed by atoms with van der Waals surface area (Å²) in [6, 6.07) is 19.5. The molecule has 1 saturated heterocycles. The number of anilines is 2. The number of aromatic nitrogens is 3. The van der Waals surface area contributed by atoms with Gasteiger partial charge in [0.2, 0.25) is 10.0 Å². The zero-order valence-electron chi connectivity index (χ0n) is 22.2. The molecule has 1 aliphatic heterocycles. The standard InChI is InChI=1S/C28H29N7O4S/c1-33(2)40(38,39)23-11-7-6-10-21(23)31-25-24-22(12-17-30-26(24)36)35(32-25)28(13-16-29)14-18-34(19-15-28)27(37)20-8-4-3-5-9-20/h3-12,17H,13-15,18-19H2,1-2H3,(H,30,36)(H,31,32). The zero-order chi connectivity index (χ0) is 28.5. The molecule has 11 nitrogen and oxygen atoms in total. The van der Waals surface area contributed by atoms with E-state index in [1.807, 2.05) is 18.2 Å². The maximum Gasteiger partial charge on any atom is 0.261 e. The third kappa shape index (κ3) is 4.74. The molecule has 0 aliphatic carbocycles. The number of nitrogens with zero attached hydrogens (tertiary/aromatic N) is 5. The van der Waals surface area contributed by atoms with Gasteiger partial charge in [-0.15, -0.1) is 0 Å². The van der Waals surface area contributed by atoms with E-state index in [1.165, 1.54) is 26.4 Å². The molecule has 0 atom stereocenters. The zero-order valence-corrected chi connectivity index (χ0v) is 23.0. The summed E-state index contributed by atoms with van der Waals surface area (Å²) >= 11 is 0.